The van der Waals surface area contributed by atoms with Gasteiger partial charge in [-0.15, -0.1) is 0 Å². The number of imidazole rings is 1. The van der Waals surface area contributed by atoms with Crippen LogP contribution in [0.4, 0.5) is 5.69 Å². The number of ether oxygens (including phenoxy) is 2. The minimum Gasteiger partial charge on any atom is -0.454 e. The quantitative estimate of drug-likeness (QED) is 0.790. The van der Waals surface area contributed by atoms with Crippen LogP contribution < -0.4 is 14.4 Å². The normalized spacial score (nSPS) is 12.6. The van der Waals surface area contributed by atoms with E-state index < -0.39 is 0 Å². The van der Waals surface area contributed by atoms with Crippen molar-refractivity contribution in [3.8, 4) is 11.5 Å². The summed E-state index contributed by atoms with van der Waals surface area (Å²) in [6.45, 7) is 2.10. The van der Waals surface area contributed by atoms with Gasteiger partial charge >= 0.3 is 0 Å². The smallest absolute Gasteiger partial charge is 0.258 e. The van der Waals surface area contributed by atoms with Crippen LogP contribution in [-0.2, 0) is 0 Å². The highest BCUT2D eigenvalue weighted by atomic mass is 16.7. The summed E-state index contributed by atoms with van der Waals surface area (Å²) in [7, 11) is 1.75. The van der Waals surface area contributed by atoms with Gasteiger partial charge in [-0.3, -0.25) is 4.79 Å². The molecule has 0 aliphatic carbocycles. The zero-order valence-electron chi connectivity index (χ0n) is 12.8. The zero-order valence-corrected chi connectivity index (χ0v) is 12.8. The predicted molar refractivity (Wildman–Crippen MR) is 86.1 cm³/mol. The molecule has 1 aliphatic rings. The fraction of sp³-hybridized carbons (Fsp3) is 0.176. The van der Waals surface area contributed by atoms with Crippen molar-refractivity contribution in [1.29, 1.82) is 0 Å². The molecule has 1 amide bonds. The van der Waals surface area contributed by atoms with E-state index in [1.54, 1.807) is 30.1 Å². The molecule has 6 heteroatoms. The lowest BCUT2D eigenvalue weighted by Gasteiger charge is -2.17. The second kappa shape index (κ2) is 5.01. The summed E-state index contributed by atoms with van der Waals surface area (Å²) in [5.74, 6) is 2.00. The molecule has 6 nitrogen and oxygen atoms in total. The Morgan fingerprint density at radius 1 is 1.17 bits per heavy atom. The lowest BCUT2D eigenvalue weighted by molar-refractivity contribution is 0.0992. The average molecular weight is 309 g/mol. The number of aryl methyl sites for hydroxylation is 1. The third-order valence-electron chi connectivity index (χ3n) is 3.90. The minimum atomic E-state index is -0.112. The van der Waals surface area contributed by atoms with Gasteiger partial charge in [0.1, 0.15) is 5.82 Å². The number of carbonyl (C=O) groups is 1. The van der Waals surface area contributed by atoms with E-state index in [4.69, 9.17) is 9.47 Å². The molecule has 0 atom stereocenters. The number of anilines is 1. The maximum absolute atomic E-state index is 12.7. The first-order valence-corrected chi connectivity index (χ1v) is 7.26. The number of nitrogens with one attached hydrogen (secondary N) is 1. The summed E-state index contributed by atoms with van der Waals surface area (Å²) in [4.78, 5) is 21.8. The van der Waals surface area contributed by atoms with Gasteiger partial charge in [-0.25, -0.2) is 4.98 Å². The number of hydrogen-bond donors (Lipinski definition) is 1. The summed E-state index contributed by atoms with van der Waals surface area (Å²) in [5.41, 5.74) is 3.14. The highest BCUT2D eigenvalue weighted by Crippen LogP contribution is 2.33. The highest BCUT2D eigenvalue weighted by molar-refractivity contribution is 6.06. The van der Waals surface area contributed by atoms with E-state index in [1.807, 2.05) is 25.1 Å². The van der Waals surface area contributed by atoms with Crippen molar-refractivity contribution in [2.75, 3.05) is 18.7 Å². The van der Waals surface area contributed by atoms with Gasteiger partial charge in [0, 0.05) is 18.3 Å². The number of aromatic amines is 1. The van der Waals surface area contributed by atoms with E-state index >= 15 is 0 Å². The first-order chi connectivity index (χ1) is 11.1. The number of H-pyrrole nitrogens is 1. The first kappa shape index (κ1) is 13.6. The Morgan fingerprint density at radius 2 is 2.00 bits per heavy atom. The SMILES string of the molecule is Cc1nc2ccc(N(C)C(=O)c3ccc4c(c3)OCO4)cc2[nH]1. The van der Waals surface area contributed by atoms with Crippen LogP contribution in [0.25, 0.3) is 11.0 Å². The lowest BCUT2D eigenvalue weighted by atomic mass is 10.1. The molecule has 0 saturated carbocycles. The van der Waals surface area contributed by atoms with Crippen molar-refractivity contribution >= 4 is 22.6 Å². The van der Waals surface area contributed by atoms with Crippen LogP contribution in [0.1, 0.15) is 16.2 Å². The monoisotopic (exact) mass is 309 g/mol. The molecule has 1 N–H and O–H groups in total. The summed E-state index contributed by atoms with van der Waals surface area (Å²) >= 11 is 0. The summed E-state index contributed by atoms with van der Waals surface area (Å²) < 4.78 is 10.6. The number of benzene rings is 2. The first-order valence-electron chi connectivity index (χ1n) is 7.26. The van der Waals surface area contributed by atoms with Gasteiger partial charge in [0.15, 0.2) is 11.5 Å². The number of carbonyl (C=O) groups excluding carboxylic acids is 1. The Kier molecular flexibility index (Phi) is 2.97. The van der Waals surface area contributed by atoms with Crippen LogP contribution in [-0.4, -0.2) is 29.7 Å². The Labute approximate surface area is 132 Å². The van der Waals surface area contributed by atoms with Gasteiger partial charge in [-0.05, 0) is 43.3 Å². The van der Waals surface area contributed by atoms with E-state index in [1.165, 1.54) is 0 Å². The summed E-state index contributed by atoms with van der Waals surface area (Å²) in [6.07, 6.45) is 0. The van der Waals surface area contributed by atoms with E-state index in [-0.39, 0.29) is 12.7 Å². The van der Waals surface area contributed by atoms with E-state index in [9.17, 15) is 4.79 Å². The molecule has 1 aromatic heterocycles. The van der Waals surface area contributed by atoms with Crippen LogP contribution in [0.2, 0.25) is 0 Å². The molecule has 3 aromatic rings. The summed E-state index contributed by atoms with van der Waals surface area (Å²) in [6, 6.07) is 10.9. The second-order valence-corrected chi connectivity index (χ2v) is 5.46. The Bertz CT molecular complexity index is 917. The van der Waals surface area contributed by atoms with E-state index in [0.717, 1.165) is 22.5 Å². The third-order valence-corrected chi connectivity index (χ3v) is 3.90. The third kappa shape index (κ3) is 2.28. The van der Waals surface area contributed by atoms with Crippen molar-refractivity contribution in [2.45, 2.75) is 6.92 Å². The van der Waals surface area contributed by atoms with Crippen molar-refractivity contribution in [1.82, 2.24) is 9.97 Å². The number of rotatable bonds is 2. The molecule has 4 rings (SSSR count). The number of fused-ring (bicyclic) bond motifs is 2. The molecule has 2 heterocycles. The number of amides is 1. The maximum atomic E-state index is 12.7. The highest BCUT2D eigenvalue weighted by Gasteiger charge is 2.19. The Hall–Kier alpha value is -3.02. The molecular formula is C17H15N3O3. The van der Waals surface area contributed by atoms with Gasteiger partial charge in [-0.2, -0.15) is 0 Å². The van der Waals surface area contributed by atoms with Crippen molar-refractivity contribution in [2.24, 2.45) is 0 Å². The molecule has 116 valence electrons. The molecule has 0 bridgehead atoms. The molecule has 1 aliphatic heterocycles. The number of hydrogen-bond acceptors (Lipinski definition) is 4. The molecule has 23 heavy (non-hydrogen) atoms. The van der Waals surface area contributed by atoms with Crippen LogP contribution >= 0.6 is 0 Å². The Balaban J connectivity index is 1.66. The van der Waals surface area contributed by atoms with Crippen LogP contribution in [0, 0.1) is 6.92 Å². The fourth-order valence-corrected chi connectivity index (χ4v) is 2.67. The van der Waals surface area contributed by atoms with E-state index in [2.05, 4.69) is 9.97 Å². The molecule has 0 fully saturated rings. The second-order valence-electron chi connectivity index (χ2n) is 5.46. The topological polar surface area (TPSA) is 67.5 Å². The van der Waals surface area contributed by atoms with Gasteiger partial charge in [0.05, 0.1) is 11.0 Å². The molecule has 0 spiro atoms. The molecular weight excluding hydrogens is 294 g/mol. The zero-order chi connectivity index (χ0) is 16.0. The molecule has 2 aromatic carbocycles. The fourth-order valence-electron chi connectivity index (χ4n) is 2.67. The lowest BCUT2D eigenvalue weighted by Crippen LogP contribution is -2.26. The average Bonchev–Trinajstić information content (AvgIpc) is 3.16. The van der Waals surface area contributed by atoms with Crippen LogP contribution in [0.15, 0.2) is 36.4 Å². The minimum absolute atomic E-state index is 0.112. The Morgan fingerprint density at radius 3 is 2.87 bits per heavy atom. The predicted octanol–water partition coefficient (Wildman–Crippen LogP) is 2.88. The molecule has 0 radical (unpaired) electrons. The van der Waals surface area contributed by atoms with Crippen LogP contribution in [0.3, 0.4) is 0 Å². The number of aromatic nitrogens is 2. The van der Waals surface area contributed by atoms with Crippen molar-refractivity contribution in [3.05, 3.63) is 47.8 Å². The van der Waals surface area contributed by atoms with Crippen molar-refractivity contribution in [3.63, 3.8) is 0 Å². The standard InChI is InChI=1S/C17H15N3O3/c1-10-18-13-5-4-12(8-14(13)19-10)20(2)17(21)11-3-6-15-16(7-11)23-9-22-15/h3-8H,9H2,1-2H3,(H,18,19). The van der Waals surface area contributed by atoms with Crippen molar-refractivity contribution < 1.29 is 14.3 Å². The van der Waals surface area contributed by atoms with Crippen LogP contribution in [0.5, 0.6) is 11.5 Å². The van der Waals surface area contributed by atoms with Gasteiger partial charge in [0.25, 0.3) is 5.91 Å². The molecule has 0 saturated heterocycles. The van der Waals surface area contributed by atoms with Gasteiger partial charge < -0.3 is 19.4 Å². The number of nitrogens with zero attached hydrogens (tertiary/aromatic N) is 2. The van der Waals surface area contributed by atoms with Gasteiger partial charge in [-0.1, -0.05) is 0 Å². The molecule has 0 unspecified atom stereocenters. The maximum Gasteiger partial charge on any atom is 0.258 e. The van der Waals surface area contributed by atoms with E-state index in [0.29, 0.717) is 17.1 Å². The largest absolute Gasteiger partial charge is 0.454 e. The van der Waals surface area contributed by atoms with Gasteiger partial charge in [0.2, 0.25) is 6.79 Å². The summed E-state index contributed by atoms with van der Waals surface area (Å²) in [5, 5.41) is 0.